The highest BCUT2D eigenvalue weighted by Crippen LogP contribution is 2.42. The summed E-state index contributed by atoms with van der Waals surface area (Å²) in [5.41, 5.74) is 1.35. The minimum absolute atomic E-state index is 0.0413. The molecule has 5 heteroatoms. The summed E-state index contributed by atoms with van der Waals surface area (Å²) >= 11 is 0. The van der Waals surface area contributed by atoms with E-state index in [1.54, 1.807) is 10.9 Å². The monoisotopic (exact) mass is 380 g/mol. The van der Waals surface area contributed by atoms with Crippen LogP contribution < -0.4 is 0 Å². The lowest BCUT2D eigenvalue weighted by Gasteiger charge is -2.43. The van der Waals surface area contributed by atoms with Crippen LogP contribution in [0, 0.1) is 0 Å². The number of carbonyl (C=O) groups excluding carboxylic acids is 1. The fraction of sp³-hybridized carbons (Fsp3) is 0.565. The van der Waals surface area contributed by atoms with E-state index >= 15 is 0 Å². The quantitative estimate of drug-likeness (QED) is 0.817. The Morgan fingerprint density at radius 3 is 2.75 bits per heavy atom. The molecule has 0 N–H and O–H groups in total. The van der Waals surface area contributed by atoms with Crippen molar-refractivity contribution in [2.45, 2.75) is 69.6 Å². The second kappa shape index (κ2) is 8.08. The Kier molecular flexibility index (Phi) is 5.54. The van der Waals surface area contributed by atoms with Crippen LogP contribution in [0.25, 0.3) is 0 Å². The predicted octanol–water partition coefficient (Wildman–Crippen LogP) is 3.36. The van der Waals surface area contributed by atoms with Crippen molar-refractivity contribution in [3.05, 3.63) is 54.4 Å². The van der Waals surface area contributed by atoms with E-state index in [1.165, 1.54) is 24.8 Å². The van der Waals surface area contributed by atoms with Gasteiger partial charge in [0, 0.05) is 24.0 Å². The van der Waals surface area contributed by atoms with Crippen LogP contribution in [0.4, 0.5) is 0 Å². The number of aromatic nitrogens is 2. The summed E-state index contributed by atoms with van der Waals surface area (Å²) in [4.78, 5) is 18.2. The Bertz CT molecular complexity index is 775. The van der Waals surface area contributed by atoms with Crippen molar-refractivity contribution in [1.82, 2.24) is 19.6 Å². The molecule has 0 spiro atoms. The first-order chi connectivity index (χ1) is 13.6. The molecule has 1 amide bonds. The molecule has 1 aromatic heterocycles. The molecule has 1 aromatic carbocycles. The van der Waals surface area contributed by atoms with Gasteiger partial charge >= 0.3 is 0 Å². The molecule has 0 unspecified atom stereocenters. The van der Waals surface area contributed by atoms with Crippen molar-refractivity contribution >= 4 is 5.91 Å². The molecule has 2 fully saturated rings. The molecule has 2 aliphatic heterocycles. The molecule has 2 aliphatic rings. The summed E-state index contributed by atoms with van der Waals surface area (Å²) in [5, 5.41) is 4.27. The molecular weight excluding hydrogens is 348 g/mol. The second-order valence-corrected chi connectivity index (χ2v) is 8.70. The third-order valence-corrected chi connectivity index (χ3v) is 6.90. The first-order valence-electron chi connectivity index (χ1n) is 10.6. The predicted molar refractivity (Wildman–Crippen MR) is 111 cm³/mol. The Morgan fingerprint density at radius 2 is 2.00 bits per heavy atom. The fourth-order valence-electron chi connectivity index (χ4n) is 5.29. The van der Waals surface area contributed by atoms with Gasteiger partial charge in [-0.1, -0.05) is 43.2 Å². The Balaban J connectivity index is 1.64. The van der Waals surface area contributed by atoms with E-state index in [4.69, 9.17) is 0 Å². The van der Waals surface area contributed by atoms with Gasteiger partial charge in [0.05, 0.1) is 6.04 Å². The number of fused-ring (bicyclic) bond motifs is 1. The largest absolute Gasteiger partial charge is 0.333 e. The van der Waals surface area contributed by atoms with Crippen molar-refractivity contribution in [2.24, 2.45) is 0 Å². The zero-order valence-corrected chi connectivity index (χ0v) is 17.1. The first-order valence-corrected chi connectivity index (χ1v) is 10.6. The third-order valence-electron chi connectivity index (χ3n) is 6.90. The molecule has 3 heterocycles. The van der Waals surface area contributed by atoms with Gasteiger partial charge in [0.15, 0.2) is 0 Å². The molecular formula is C23H32N4O. The number of benzene rings is 1. The molecule has 5 nitrogen and oxygen atoms in total. The summed E-state index contributed by atoms with van der Waals surface area (Å²) in [5.74, 6) is 0.201. The highest BCUT2D eigenvalue weighted by molar-refractivity contribution is 5.77. The second-order valence-electron chi connectivity index (χ2n) is 8.70. The number of carbonyl (C=O) groups is 1. The maximum absolute atomic E-state index is 13.5. The molecule has 150 valence electrons. The standard InChI is InChI=1S/C23H32N4O/c1-23-17-20(16-19-10-5-3-6-11-19)27(22(28)18-26-15-9-13-24-26)21(23)12-7-4-8-14-25(23)2/h3,5-6,9-11,13,15,20-21H,4,7-8,12,14,16-18H2,1-2H3/t20-,21+,23+/m1/s1. The highest BCUT2D eigenvalue weighted by atomic mass is 16.2. The minimum atomic E-state index is 0.0413. The van der Waals surface area contributed by atoms with E-state index in [-0.39, 0.29) is 23.5 Å². The fourth-order valence-corrected chi connectivity index (χ4v) is 5.29. The van der Waals surface area contributed by atoms with E-state index in [1.807, 2.05) is 12.3 Å². The zero-order valence-electron chi connectivity index (χ0n) is 17.1. The van der Waals surface area contributed by atoms with E-state index in [2.05, 4.69) is 59.2 Å². The van der Waals surface area contributed by atoms with Crippen LogP contribution in [0.3, 0.4) is 0 Å². The number of rotatable bonds is 4. The number of hydrogen-bond acceptors (Lipinski definition) is 3. The molecule has 0 aliphatic carbocycles. The van der Waals surface area contributed by atoms with Gasteiger partial charge in [-0.05, 0) is 57.8 Å². The number of hydrogen-bond donors (Lipinski definition) is 0. The lowest BCUT2D eigenvalue weighted by atomic mass is 9.84. The Labute approximate surface area is 168 Å². The highest BCUT2D eigenvalue weighted by Gasteiger charge is 2.52. The van der Waals surface area contributed by atoms with Crippen LogP contribution in [0.2, 0.25) is 0 Å². The SMILES string of the molecule is CN1CCCCC[C@@H]2N(C(=O)Cn3cccn3)[C@H](Cc3ccccc3)C[C@@]21C. The van der Waals surface area contributed by atoms with Crippen LogP contribution in [-0.4, -0.2) is 56.7 Å². The smallest absolute Gasteiger partial charge is 0.244 e. The zero-order chi connectivity index (χ0) is 19.6. The Hall–Kier alpha value is -2.14. The van der Waals surface area contributed by atoms with E-state index in [0.29, 0.717) is 6.54 Å². The van der Waals surface area contributed by atoms with Gasteiger partial charge in [0.2, 0.25) is 5.91 Å². The summed E-state index contributed by atoms with van der Waals surface area (Å²) in [6, 6.07) is 13.0. The molecule has 4 rings (SSSR count). The first kappa shape index (κ1) is 19.2. The van der Waals surface area contributed by atoms with Crippen molar-refractivity contribution in [1.29, 1.82) is 0 Å². The van der Waals surface area contributed by atoms with Gasteiger partial charge in [0.1, 0.15) is 6.54 Å². The minimum Gasteiger partial charge on any atom is -0.333 e. The number of amides is 1. The summed E-state index contributed by atoms with van der Waals surface area (Å²) < 4.78 is 1.75. The molecule has 2 aromatic rings. The average Bonchev–Trinajstić information content (AvgIpc) is 3.28. The third kappa shape index (κ3) is 3.72. The van der Waals surface area contributed by atoms with Crippen molar-refractivity contribution < 1.29 is 4.79 Å². The molecule has 3 atom stereocenters. The topological polar surface area (TPSA) is 41.4 Å². The van der Waals surface area contributed by atoms with Gasteiger partial charge < -0.3 is 4.90 Å². The Morgan fingerprint density at radius 1 is 1.18 bits per heavy atom. The lowest BCUT2D eigenvalue weighted by molar-refractivity contribution is -0.136. The maximum atomic E-state index is 13.5. The van der Waals surface area contributed by atoms with Crippen LogP contribution >= 0.6 is 0 Å². The lowest BCUT2D eigenvalue weighted by Crippen LogP contribution is -2.55. The maximum Gasteiger partial charge on any atom is 0.244 e. The molecule has 0 radical (unpaired) electrons. The molecule has 28 heavy (non-hydrogen) atoms. The summed E-state index contributed by atoms with van der Waals surface area (Å²) in [7, 11) is 2.25. The van der Waals surface area contributed by atoms with E-state index < -0.39 is 0 Å². The van der Waals surface area contributed by atoms with Crippen molar-refractivity contribution in [3.63, 3.8) is 0 Å². The van der Waals surface area contributed by atoms with Crippen LogP contribution in [0.15, 0.2) is 48.8 Å². The van der Waals surface area contributed by atoms with Gasteiger partial charge in [0.25, 0.3) is 0 Å². The number of nitrogens with zero attached hydrogens (tertiary/aromatic N) is 4. The molecule has 0 bridgehead atoms. The van der Waals surface area contributed by atoms with Crippen molar-refractivity contribution in [3.8, 4) is 0 Å². The average molecular weight is 381 g/mol. The van der Waals surface area contributed by atoms with Crippen LogP contribution in [0.1, 0.15) is 44.6 Å². The normalized spacial score (nSPS) is 28.6. The summed E-state index contributed by atoms with van der Waals surface area (Å²) in [6.07, 6.45) is 10.4. The molecule has 2 saturated heterocycles. The van der Waals surface area contributed by atoms with Gasteiger partial charge in [-0.25, -0.2) is 0 Å². The number of likely N-dealkylation sites (N-methyl/N-ethyl adjacent to an activating group) is 1. The van der Waals surface area contributed by atoms with Crippen LogP contribution in [0.5, 0.6) is 0 Å². The summed E-state index contributed by atoms with van der Waals surface area (Å²) in [6.45, 7) is 3.82. The number of likely N-dealkylation sites (tertiary alicyclic amines) is 2. The van der Waals surface area contributed by atoms with Gasteiger partial charge in [-0.15, -0.1) is 0 Å². The van der Waals surface area contributed by atoms with E-state index in [9.17, 15) is 4.79 Å². The van der Waals surface area contributed by atoms with E-state index in [0.717, 1.165) is 25.8 Å². The van der Waals surface area contributed by atoms with Gasteiger partial charge in [-0.2, -0.15) is 5.10 Å². The van der Waals surface area contributed by atoms with Crippen molar-refractivity contribution in [2.75, 3.05) is 13.6 Å². The van der Waals surface area contributed by atoms with Crippen LogP contribution in [-0.2, 0) is 17.8 Å². The van der Waals surface area contributed by atoms with Gasteiger partial charge in [-0.3, -0.25) is 14.4 Å². The molecule has 0 saturated carbocycles.